The van der Waals surface area contributed by atoms with Crippen molar-refractivity contribution in [2.75, 3.05) is 0 Å². The summed E-state index contributed by atoms with van der Waals surface area (Å²) in [5, 5.41) is 6.71. The third-order valence-corrected chi connectivity index (χ3v) is 9.90. The number of rotatable bonds is 5. The fourth-order valence-corrected chi connectivity index (χ4v) is 7.45. The molecule has 0 atom stereocenters. The molecule has 0 N–H and O–H groups in total. The molecule has 2 heterocycles. The molecule has 0 amide bonds. The lowest BCUT2D eigenvalue weighted by Gasteiger charge is -2.13. The van der Waals surface area contributed by atoms with Crippen LogP contribution in [-0.2, 0) is 0 Å². The first-order valence-electron chi connectivity index (χ1n) is 17.2. The summed E-state index contributed by atoms with van der Waals surface area (Å²) < 4.78 is 6.60. The maximum Gasteiger partial charge on any atom is 0.161 e. The quantitative estimate of drug-likeness (QED) is 0.186. The number of nitrogens with zero attached hydrogens (tertiary/aromatic N) is 2. The molecule has 0 spiro atoms. The first-order chi connectivity index (χ1) is 25.3. The van der Waals surface area contributed by atoms with Gasteiger partial charge in [0.25, 0.3) is 0 Å². The van der Waals surface area contributed by atoms with Gasteiger partial charge in [0.2, 0.25) is 0 Å². The smallest absolute Gasteiger partial charge is 0.161 e. The molecule has 238 valence electrons. The lowest BCUT2D eigenvalue weighted by molar-refractivity contribution is 0.673. The molecular weight excluding hydrogens is 621 g/mol. The van der Waals surface area contributed by atoms with Gasteiger partial charge in [0, 0.05) is 32.8 Å². The number of furan rings is 1. The number of hydrogen-bond acceptors (Lipinski definition) is 3. The van der Waals surface area contributed by atoms with E-state index in [-0.39, 0.29) is 0 Å². The van der Waals surface area contributed by atoms with Crippen LogP contribution in [0.5, 0.6) is 0 Å². The molecule has 0 aliphatic heterocycles. The van der Waals surface area contributed by atoms with Crippen molar-refractivity contribution in [1.29, 1.82) is 0 Å². The molecule has 8 aromatic carbocycles. The van der Waals surface area contributed by atoms with Crippen LogP contribution in [0.25, 0.3) is 99.6 Å². The van der Waals surface area contributed by atoms with Crippen molar-refractivity contribution in [1.82, 2.24) is 9.97 Å². The standard InChI is InChI=1S/C48H30N2O/c1-4-14-31(15-5-1)35-25-26-40(37-21-11-10-20-36(35)37)48-49-44(33-18-8-3-9-19-33)30-45(50-48)34-24-27-46-42(28-34)43-29-41(32-16-6-2-7-17-32)38-22-12-13-23-39(38)47(43)51-46/h1-30H. The molecule has 0 unspecified atom stereocenters. The fraction of sp³-hybridized carbons (Fsp3) is 0. The summed E-state index contributed by atoms with van der Waals surface area (Å²) >= 11 is 0. The van der Waals surface area contributed by atoms with Gasteiger partial charge in [-0.1, -0.05) is 146 Å². The van der Waals surface area contributed by atoms with Crippen molar-refractivity contribution in [3.63, 3.8) is 0 Å². The molecule has 3 heteroatoms. The molecule has 2 aromatic heterocycles. The maximum atomic E-state index is 6.60. The molecule has 0 aliphatic rings. The lowest BCUT2D eigenvalue weighted by Crippen LogP contribution is -1.97. The summed E-state index contributed by atoms with van der Waals surface area (Å²) in [7, 11) is 0. The highest BCUT2D eigenvalue weighted by atomic mass is 16.3. The Morgan fingerprint density at radius 1 is 0.314 bits per heavy atom. The van der Waals surface area contributed by atoms with E-state index in [2.05, 4.69) is 176 Å². The van der Waals surface area contributed by atoms with E-state index in [4.69, 9.17) is 14.4 Å². The highest BCUT2D eigenvalue weighted by Gasteiger charge is 2.18. The molecule has 0 saturated carbocycles. The van der Waals surface area contributed by atoms with Crippen LogP contribution in [0.3, 0.4) is 0 Å². The van der Waals surface area contributed by atoms with E-state index in [0.717, 1.165) is 60.8 Å². The van der Waals surface area contributed by atoms with Gasteiger partial charge in [-0.05, 0) is 74.8 Å². The van der Waals surface area contributed by atoms with Gasteiger partial charge in [-0.3, -0.25) is 0 Å². The minimum Gasteiger partial charge on any atom is -0.455 e. The van der Waals surface area contributed by atoms with E-state index in [1.807, 2.05) is 6.07 Å². The normalized spacial score (nSPS) is 11.5. The van der Waals surface area contributed by atoms with E-state index in [1.54, 1.807) is 0 Å². The monoisotopic (exact) mass is 650 g/mol. The van der Waals surface area contributed by atoms with Crippen LogP contribution in [0.2, 0.25) is 0 Å². The molecule has 0 aliphatic carbocycles. The van der Waals surface area contributed by atoms with Crippen LogP contribution in [0.15, 0.2) is 186 Å². The minimum atomic E-state index is 0.691. The van der Waals surface area contributed by atoms with Crippen LogP contribution in [0.4, 0.5) is 0 Å². The van der Waals surface area contributed by atoms with Gasteiger partial charge in [-0.2, -0.15) is 0 Å². The van der Waals surface area contributed by atoms with Crippen molar-refractivity contribution in [3.8, 4) is 56.2 Å². The van der Waals surface area contributed by atoms with Crippen molar-refractivity contribution >= 4 is 43.5 Å². The second kappa shape index (κ2) is 11.9. The van der Waals surface area contributed by atoms with E-state index < -0.39 is 0 Å². The van der Waals surface area contributed by atoms with Gasteiger partial charge in [-0.25, -0.2) is 9.97 Å². The number of benzene rings is 8. The van der Waals surface area contributed by atoms with Gasteiger partial charge >= 0.3 is 0 Å². The summed E-state index contributed by atoms with van der Waals surface area (Å²) in [5.74, 6) is 0.691. The van der Waals surface area contributed by atoms with Crippen LogP contribution < -0.4 is 0 Å². The molecule has 0 radical (unpaired) electrons. The Kier molecular flexibility index (Phi) is 6.81. The summed E-state index contributed by atoms with van der Waals surface area (Å²) in [6.07, 6.45) is 0. The predicted molar refractivity (Wildman–Crippen MR) is 212 cm³/mol. The van der Waals surface area contributed by atoms with Crippen LogP contribution >= 0.6 is 0 Å². The first kappa shape index (κ1) is 29.1. The van der Waals surface area contributed by atoms with Crippen LogP contribution in [0.1, 0.15) is 0 Å². The van der Waals surface area contributed by atoms with Crippen LogP contribution in [-0.4, -0.2) is 9.97 Å². The third-order valence-electron chi connectivity index (χ3n) is 9.90. The van der Waals surface area contributed by atoms with E-state index in [9.17, 15) is 0 Å². The zero-order chi connectivity index (χ0) is 33.7. The maximum absolute atomic E-state index is 6.60. The topological polar surface area (TPSA) is 38.9 Å². The Bertz CT molecular complexity index is 2890. The minimum absolute atomic E-state index is 0.691. The molecular formula is C48H30N2O. The fourth-order valence-electron chi connectivity index (χ4n) is 7.45. The summed E-state index contributed by atoms with van der Waals surface area (Å²) in [4.78, 5) is 10.5. The Hall–Kier alpha value is -6.84. The average molecular weight is 651 g/mol. The van der Waals surface area contributed by atoms with Gasteiger partial charge in [0.15, 0.2) is 5.82 Å². The average Bonchev–Trinajstić information content (AvgIpc) is 3.59. The van der Waals surface area contributed by atoms with Gasteiger partial charge in [0.05, 0.1) is 11.4 Å². The Balaban J connectivity index is 1.19. The molecule has 0 bridgehead atoms. The van der Waals surface area contributed by atoms with Crippen molar-refractivity contribution < 1.29 is 4.42 Å². The lowest BCUT2D eigenvalue weighted by atomic mass is 9.94. The number of fused-ring (bicyclic) bond motifs is 6. The molecule has 10 aromatic rings. The van der Waals surface area contributed by atoms with Crippen LogP contribution in [0, 0.1) is 0 Å². The molecule has 51 heavy (non-hydrogen) atoms. The SMILES string of the molecule is c1ccc(-c2cc(-c3ccc4oc5c6ccccc6c(-c6ccccc6)cc5c4c3)nc(-c3ccc(-c4ccccc4)c4ccccc34)n2)cc1. The van der Waals surface area contributed by atoms with Gasteiger partial charge < -0.3 is 4.42 Å². The van der Waals surface area contributed by atoms with Crippen molar-refractivity contribution in [3.05, 3.63) is 182 Å². The number of aromatic nitrogens is 2. The van der Waals surface area contributed by atoms with E-state index in [0.29, 0.717) is 5.82 Å². The second-order valence-electron chi connectivity index (χ2n) is 12.9. The molecule has 10 rings (SSSR count). The highest BCUT2D eigenvalue weighted by Crippen LogP contribution is 2.41. The molecule has 0 fully saturated rings. The number of hydrogen-bond donors (Lipinski definition) is 0. The van der Waals surface area contributed by atoms with Crippen molar-refractivity contribution in [2.24, 2.45) is 0 Å². The second-order valence-corrected chi connectivity index (χ2v) is 12.9. The Morgan fingerprint density at radius 3 is 1.49 bits per heavy atom. The van der Waals surface area contributed by atoms with Crippen molar-refractivity contribution in [2.45, 2.75) is 0 Å². The largest absolute Gasteiger partial charge is 0.455 e. The highest BCUT2D eigenvalue weighted by molar-refractivity contribution is 6.19. The third kappa shape index (κ3) is 4.98. The predicted octanol–water partition coefficient (Wildman–Crippen LogP) is 13.0. The summed E-state index contributed by atoms with van der Waals surface area (Å²) in [6, 6.07) is 63.7. The molecule has 3 nitrogen and oxygen atoms in total. The summed E-state index contributed by atoms with van der Waals surface area (Å²) in [6.45, 7) is 0. The van der Waals surface area contributed by atoms with E-state index >= 15 is 0 Å². The first-order valence-corrected chi connectivity index (χ1v) is 17.2. The van der Waals surface area contributed by atoms with Gasteiger partial charge in [0.1, 0.15) is 11.2 Å². The molecule has 0 saturated heterocycles. The van der Waals surface area contributed by atoms with E-state index in [1.165, 1.54) is 33.0 Å². The van der Waals surface area contributed by atoms with Gasteiger partial charge in [-0.15, -0.1) is 0 Å². The Morgan fingerprint density at radius 2 is 0.824 bits per heavy atom. The Labute approximate surface area is 295 Å². The zero-order valence-electron chi connectivity index (χ0n) is 27.6. The summed E-state index contributed by atoms with van der Waals surface area (Å²) in [5.41, 5.74) is 11.3. The zero-order valence-corrected chi connectivity index (χ0v) is 27.6.